The molecule has 0 unspecified atom stereocenters. The van der Waals surface area contributed by atoms with Crippen molar-refractivity contribution in [2.75, 3.05) is 6.61 Å². The van der Waals surface area contributed by atoms with Crippen molar-refractivity contribution in [1.82, 2.24) is 0 Å². The van der Waals surface area contributed by atoms with Crippen LogP contribution in [0.1, 0.15) is 47.0 Å². The minimum absolute atomic E-state index is 0.0543. The van der Waals surface area contributed by atoms with E-state index in [4.69, 9.17) is 4.74 Å². The molecule has 2 N–H and O–H groups in total. The van der Waals surface area contributed by atoms with E-state index in [0.29, 0.717) is 0 Å². The number of hydrogen-bond acceptors (Lipinski definition) is 7. The first kappa shape index (κ1) is 23.0. The number of alkyl halides is 1. The van der Waals surface area contributed by atoms with Gasteiger partial charge in [-0.3, -0.25) is 19.2 Å². The number of aliphatic hydroxyl groups is 2. The number of carbonyl (C=O) groups is 4. The maximum Gasteiger partial charge on any atom is 0.303 e. The largest absolute Gasteiger partial charge is 0.458 e. The van der Waals surface area contributed by atoms with Crippen LogP contribution in [0.3, 0.4) is 0 Å². The van der Waals surface area contributed by atoms with Gasteiger partial charge in [0.2, 0.25) is 5.78 Å². The van der Waals surface area contributed by atoms with Crippen LogP contribution in [0.2, 0.25) is 0 Å². The number of ether oxygens (including phenoxy) is 1. The Hall–Kier alpha value is -2.19. The standard InChI is InChI=1S/C24H29FO7/c1-12-7-15-16-9-18(28)17-8-14(27)5-6-21(17,3)23(16,25)19(29)10-22(15,4)24(12,31)20(30)11-32-13(2)26/h5-6,8,12,15-16,19,29,31H,7,9-11H2,1-4H3/t12-,15+,16+,19+,21+,22+,23+,24+/m1/s1. The Bertz CT molecular complexity index is 985. The van der Waals surface area contributed by atoms with Gasteiger partial charge in [0.05, 0.1) is 11.5 Å². The van der Waals surface area contributed by atoms with Crippen LogP contribution in [-0.4, -0.2) is 57.5 Å². The van der Waals surface area contributed by atoms with E-state index in [1.54, 1.807) is 13.8 Å². The summed E-state index contributed by atoms with van der Waals surface area (Å²) in [5, 5.41) is 22.9. The van der Waals surface area contributed by atoms with Gasteiger partial charge in [-0.2, -0.15) is 0 Å². The molecule has 0 radical (unpaired) electrons. The van der Waals surface area contributed by atoms with Gasteiger partial charge >= 0.3 is 5.97 Å². The van der Waals surface area contributed by atoms with Crippen LogP contribution in [0.25, 0.3) is 0 Å². The van der Waals surface area contributed by atoms with E-state index in [9.17, 15) is 29.4 Å². The number of allylic oxidation sites excluding steroid dienone is 4. The average Bonchev–Trinajstić information content (AvgIpc) is 2.91. The van der Waals surface area contributed by atoms with Crippen molar-refractivity contribution in [3.63, 3.8) is 0 Å². The summed E-state index contributed by atoms with van der Waals surface area (Å²) in [5.41, 5.74) is -6.87. The Morgan fingerprint density at radius 1 is 1.25 bits per heavy atom. The van der Waals surface area contributed by atoms with Crippen LogP contribution >= 0.6 is 0 Å². The Morgan fingerprint density at radius 3 is 2.53 bits per heavy atom. The lowest BCUT2D eigenvalue weighted by Gasteiger charge is -2.62. The van der Waals surface area contributed by atoms with Crippen molar-refractivity contribution in [3.8, 4) is 0 Å². The maximum atomic E-state index is 17.0. The highest BCUT2D eigenvalue weighted by molar-refractivity contribution is 6.10. The summed E-state index contributed by atoms with van der Waals surface area (Å²) in [4.78, 5) is 49.2. The molecule has 0 aromatic rings. The van der Waals surface area contributed by atoms with E-state index >= 15 is 4.39 Å². The molecule has 3 fully saturated rings. The zero-order valence-corrected chi connectivity index (χ0v) is 18.7. The third-order valence-corrected chi connectivity index (χ3v) is 8.90. The zero-order valence-electron chi connectivity index (χ0n) is 18.7. The van der Waals surface area contributed by atoms with Crippen molar-refractivity contribution in [1.29, 1.82) is 0 Å². The van der Waals surface area contributed by atoms with Crippen molar-refractivity contribution in [2.45, 2.75) is 64.3 Å². The molecule has 8 heteroatoms. The molecule has 7 nitrogen and oxygen atoms in total. The number of ketones is 3. The molecule has 0 spiro atoms. The highest BCUT2D eigenvalue weighted by Gasteiger charge is 2.76. The summed E-state index contributed by atoms with van der Waals surface area (Å²) in [7, 11) is 0. The number of carbonyl (C=O) groups excluding carboxylic acids is 4. The van der Waals surface area contributed by atoms with E-state index < -0.39 is 70.1 Å². The van der Waals surface area contributed by atoms with Gasteiger partial charge in [0.1, 0.15) is 5.60 Å². The SMILES string of the molecule is CC(=O)OCC(=O)[C@@]1(O)[C@H](C)C[C@H]2[C@@H]3CC(=O)C4=CC(=O)C=C[C@]4(C)[C@@]3(F)[C@@H](O)C[C@@]21C. The second kappa shape index (κ2) is 6.90. The number of rotatable bonds is 3. The lowest BCUT2D eigenvalue weighted by atomic mass is 9.44. The fourth-order valence-electron chi connectivity index (χ4n) is 7.25. The molecule has 0 saturated heterocycles. The zero-order chi connectivity index (χ0) is 23.9. The first-order chi connectivity index (χ1) is 14.7. The summed E-state index contributed by atoms with van der Waals surface area (Å²) in [6, 6.07) is 0. The van der Waals surface area contributed by atoms with Gasteiger partial charge in [-0.05, 0) is 43.8 Å². The van der Waals surface area contributed by atoms with E-state index in [1.165, 1.54) is 19.1 Å². The fraction of sp³-hybridized carbons (Fsp3) is 0.667. The van der Waals surface area contributed by atoms with Crippen LogP contribution in [0.15, 0.2) is 23.8 Å². The van der Waals surface area contributed by atoms with E-state index in [1.807, 2.05) is 0 Å². The number of fused-ring (bicyclic) bond motifs is 5. The Labute approximate surface area is 185 Å². The Morgan fingerprint density at radius 2 is 1.91 bits per heavy atom. The summed E-state index contributed by atoms with van der Waals surface area (Å²) in [5.74, 6) is -4.26. The van der Waals surface area contributed by atoms with Gasteiger partial charge < -0.3 is 14.9 Å². The molecule has 4 rings (SSSR count). The third-order valence-electron chi connectivity index (χ3n) is 8.90. The van der Waals surface area contributed by atoms with Gasteiger partial charge in [0, 0.05) is 30.3 Å². The van der Waals surface area contributed by atoms with Crippen LogP contribution in [0, 0.1) is 28.6 Å². The van der Waals surface area contributed by atoms with Crippen LogP contribution in [-0.2, 0) is 23.9 Å². The summed E-state index contributed by atoms with van der Waals surface area (Å²) in [6.07, 6.45) is 1.98. The molecule has 0 aliphatic heterocycles. The highest BCUT2D eigenvalue weighted by Crippen LogP contribution is 2.70. The molecule has 0 aromatic carbocycles. The number of Topliss-reactive ketones (excluding diaryl/α,β-unsaturated/α-hetero) is 2. The average molecular weight is 448 g/mol. The molecule has 8 atom stereocenters. The van der Waals surface area contributed by atoms with Crippen molar-refractivity contribution in [3.05, 3.63) is 23.8 Å². The first-order valence-electron chi connectivity index (χ1n) is 11.0. The Balaban J connectivity index is 1.80. The van der Waals surface area contributed by atoms with E-state index in [2.05, 4.69) is 0 Å². The van der Waals surface area contributed by atoms with Crippen molar-refractivity contribution >= 4 is 23.3 Å². The molecule has 0 aromatic heterocycles. The van der Waals surface area contributed by atoms with Crippen LogP contribution in [0.4, 0.5) is 4.39 Å². The monoisotopic (exact) mass is 448 g/mol. The predicted molar refractivity (Wildman–Crippen MR) is 110 cm³/mol. The highest BCUT2D eigenvalue weighted by atomic mass is 19.1. The van der Waals surface area contributed by atoms with Gasteiger partial charge in [-0.1, -0.05) is 19.9 Å². The predicted octanol–water partition coefficient (Wildman–Crippen LogP) is 1.65. The summed E-state index contributed by atoms with van der Waals surface area (Å²) < 4.78 is 21.9. The minimum atomic E-state index is -2.25. The van der Waals surface area contributed by atoms with Gasteiger partial charge in [-0.25, -0.2) is 4.39 Å². The third kappa shape index (κ3) is 2.59. The molecular weight excluding hydrogens is 419 g/mol. The molecule has 4 aliphatic rings. The molecule has 4 aliphatic carbocycles. The summed E-state index contributed by atoms with van der Waals surface area (Å²) in [6.45, 7) is 5.39. The number of aliphatic hydroxyl groups excluding tert-OH is 1. The topological polar surface area (TPSA) is 118 Å². The second-order valence-corrected chi connectivity index (χ2v) is 10.3. The number of halogens is 1. The van der Waals surface area contributed by atoms with Gasteiger partial charge in [0.15, 0.2) is 23.8 Å². The molecule has 0 bridgehead atoms. The molecule has 32 heavy (non-hydrogen) atoms. The lowest BCUT2D eigenvalue weighted by molar-refractivity contribution is -0.218. The maximum absolute atomic E-state index is 17.0. The molecule has 0 amide bonds. The number of hydrogen-bond donors (Lipinski definition) is 2. The summed E-state index contributed by atoms with van der Waals surface area (Å²) >= 11 is 0. The second-order valence-electron chi connectivity index (χ2n) is 10.3. The van der Waals surface area contributed by atoms with Crippen molar-refractivity contribution < 1.29 is 38.5 Å². The number of esters is 1. The van der Waals surface area contributed by atoms with Crippen molar-refractivity contribution in [2.24, 2.45) is 28.6 Å². The van der Waals surface area contributed by atoms with E-state index in [0.717, 1.165) is 13.0 Å². The first-order valence-corrected chi connectivity index (χ1v) is 11.0. The minimum Gasteiger partial charge on any atom is -0.458 e. The van der Waals surface area contributed by atoms with E-state index in [-0.39, 0.29) is 30.6 Å². The smallest absolute Gasteiger partial charge is 0.303 e. The Kier molecular flexibility index (Phi) is 4.96. The molecular formula is C24H29FO7. The normalized spacial score (nSPS) is 47.3. The van der Waals surface area contributed by atoms with Crippen LogP contribution in [0.5, 0.6) is 0 Å². The quantitative estimate of drug-likeness (QED) is 0.630. The van der Waals surface area contributed by atoms with Crippen LogP contribution < -0.4 is 0 Å². The van der Waals surface area contributed by atoms with Gasteiger partial charge in [-0.15, -0.1) is 0 Å². The molecule has 3 saturated carbocycles. The van der Waals surface area contributed by atoms with Gasteiger partial charge in [0.25, 0.3) is 0 Å². The molecule has 0 heterocycles. The fourth-order valence-corrected chi connectivity index (χ4v) is 7.25. The molecule has 174 valence electrons. The lowest BCUT2D eigenvalue weighted by Crippen LogP contribution is -2.70.